The highest BCUT2D eigenvalue weighted by Gasteiger charge is 2.30. The zero-order valence-electron chi connectivity index (χ0n) is 12.4. The van der Waals surface area contributed by atoms with Crippen LogP contribution in [-0.4, -0.2) is 28.0 Å². The minimum absolute atomic E-state index is 0.102. The van der Waals surface area contributed by atoms with Gasteiger partial charge in [-0.1, -0.05) is 12.1 Å². The summed E-state index contributed by atoms with van der Waals surface area (Å²) < 4.78 is 37.6. The van der Waals surface area contributed by atoms with E-state index in [4.69, 9.17) is 5.11 Å². The second kappa shape index (κ2) is 7.00. The first kappa shape index (κ1) is 17.9. The van der Waals surface area contributed by atoms with E-state index in [-0.39, 0.29) is 6.42 Å². The minimum atomic E-state index is -4.40. The van der Waals surface area contributed by atoms with Crippen LogP contribution in [-0.2, 0) is 22.2 Å². The number of carbonyl (C=O) groups is 2. The molecule has 0 bridgehead atoms. The molecule has 24 heavy (non-hydrogen) atoms. The third kappa shape index (κ3) is 4.54. The SMILES string of the molecule is C[C@H](NC(=O)Cc1csc(-c2ccc(C(F)(F)F)cc2)n1)C(=O)O. The third-order valence-electron chi connectivity index (χ3n) is 3.10. The Hall–Kier alpha value is -2.42. The van der Waals surface area contributed by atoms with Crippen LogP contribution < -0.4 is 5.32 Å². The molecule has 1 aromatic carbocycles. The Bertz CT molecular complexity index is 741. The zero-order chi connectivity index (χ0) is 17.9. The summed E-state index contributed by atoms with van der Waals surface area (Å²) in [5.74, 6) is -1.64. The van der Waals surface area contributed by atoms with Gasteiger partial charge in [-0.05, 0) is 19.1 Å². The summed E-state index contributed by atoms with van der Waals surface area (Å²) in [5, 5.41) is 13.1. The maximum atomic E-state index is 12.5. The molecular weight excluding hydrogens is 345 g/mol. The predicted octanol–water partition coefficient (Wildman–Crippen LogP) is 2.96. The summed E-state index contributed by atoms with van der Waals surface area (Å²) in [7, 11) is 0. The molecule has 0 saturated carbocycles. The van der Waals surface area contributed by atoms with Crippen LogP contribution in [0, 0.1) is 0 Å². The second-order valence-corrected chi connectivity index (χ2v) is 5.88. The number of thiazole rings is 1. The number of hydrogen-bond acceptors (Lipinski definition) is 4. The van der Waals surface area contributed by atoms with Gasteiger partial charge in [-0.15, -0.1) is 11.3 Å². The lowest BCUT2D eigenvalue weighted by Crippen LogP contribution is -2.39. The number of halogens is 3. The van der Waals surface area contributed by atoms with Gasteiger partial charge in [0, 0.05) is 10.9 Å². The lowest BCUT2D eigenvalue weighted by Gasteiger charge is -2.08. The molecule has 1 amide bonds. The van der Waals surface area contributed by atoms with Gasteiger partial charge in [-0.3, -0.25) is 9.59 Å². The number of nitrogens with zero attached hydrogens (tertiary/aromatic N) is 1. The molecule has 1 heterocycles. The van der Waals surface area contributed by atoms with Crippen LogP contribution in [0.3, 0.4) is 0 Å². The minimum Gasteiger partial charge on any atom is -0.480 e. The summed E-state index contributed by atoms with van der Waals surface area (Å²) in [6.07, 6.45) is -4.50. The number of nitrogens with one attached hydrogen (secondary N) is 1. The van der Waals surface area contributed by atoms with E-state index in [1.807, 2.05) is 0 Å². The normalized spacial score (nSPS) is 12.7. The molecule has 1 aromatic heterocycles. The van der Waals surface area contributed by atoms with Gasteiger partial charge in [0.25, 0.3) is 0 Å². The molecule has 5 nitrogen and oxygen atoms in total. The van der Waals surface area contributed by atoms with Gasteiger partial charge in [0.15, 0.2) is 0 Å². The maximum Gasteiger partial charge on any atom is 0.416 e. The monoisotopic (exact) mass is 358 g/mol. The summed E-state index contributed by atoms with van der Waals surface area (Å²) in [6, 6.07) is 3.57. The van der Waals surface area contributed by atoms with E-state index in [9.17, 15) is 22.8 Å². The Morgan fingerprint density at radius 1 is 1.29 bits per heavy atom. The van der Waals surface area contributed by atoms with Gasteiger partial charge in [0.1, 0.15) is 11.0 Å². The number of benzene rings is 1. The summed E-state index contributed by atoms with van der Waals surface area (Å²) in [4.78, 5) is 26.6. The number of aliphatic carboxylic acids is 1. The molecule has 0 saturated heterocycles. The van der Waals surface area contributed by atoms with E-state index in [2.05, 4.69) is 10.3 Å². The smallest absolute Gasteiger partial charge is 0.416 e. The number of amides is 1. The Kier molecular flexibility index (Phi) is 5.23. The summed E-state index contributed by atoms with van der Waals surface area (Å²) in [5.41, 5.74) is 0.189. The lowest BCUT2D eigenvalue weighted by atomic mass is 10.1. The number of carboxylic acid groups (broad SMARTS) is 1. The highest BCUT2D eigenvalue weighted by Crippen LogP contribution is 2.31. The van der Waals surface area contributed by atoms with Crippen LogP contribution in [0.5, 0.6) is 0 Å². The first-order chi connectivity index (χ1) is 11.2. The number of hydrogen-bond donors (Lipinski definition) is 2. The van der Waals surface area contributed by atoms with Crippen molar-refractivity contribution in [1.82, 2.24) is 10.3 Å². The third-order valence-corrected chi connectivity index (χ3v) is 4.04. The van der Waals surface area contributed by atoms with Crippen molar-refractivity contribution in [3.8, 4) is 10.6 Å². The molecular formula is C15H13F3N2O3S. The average molecular weight is 358 g/mol. The van der Waals surface area contributed by atoms with E-state index >= 15 is 0 Å². The van der Waals surface area contributed by atoms with Crippen molar-refractivity contribution in [3.05, 3.63) is 40.9 Å². The Morgan fingerprint density at radius 2 is 1.92 bits per heavy atom. The van der Waals surface area contributed by atoms with Crippen LogP contribution in [0.25, 0.3) is 10.6 Å². The van der Waals surface area contributed by atoms with Crippen molar-refractivity contribution in [2.24, 2.45) is 0 Å². The van der Waals surface area contributed by atoms with Crippen LogP contribution >= 0.6 is 11.3 Å². The van der Waals surface area contributed by atoms with Crippen molar-refractivity contribution < 1.29 is 27.9 Å². The molecule has 0 fully saturated rings. The Balaban J connectivity index is 2.05. The second-order valence-electron chi connectivity index (χ2n) is 5.02. The molecule has 0 aliphatic heterocycles. The van der Waals surface area contributed by atoms with Gasteiger partial charge in [-0.2, -0.15) is 13.2 Å². The molecule has 2 aromatic rings. The van der Waals surface area contributed by atoms with E-state index in [0.29, 0.717) is 16.3 Å². The van der Waals surface area contributed by atoms with Gasteiger partial charge in [-0.25, -0.2) is 4.98 Å². The number of aromatic nitrogens is 1. The fraction of sp³-hybridized carbons (Fsp3) is 0.267. The van der Waals surface area contributed by atoms with Crippen LogP contribution in [0.15, 0.2) is 29.6 Å². The van der Waals surface area contributed by atoms with E-state index in [0.717, 1.165) is 12.1 Å². The molecule has 1 atom stereocenters. The van der Waals surface area contributed by atoms with E-state index < -0.39 is 29.7 Å². The first-order valence-corrected chi connectivity index (χ1v) is 7.69. The van der Waals surface area contributed by atoms with E-state index in [1.54, 1.807) is 5.38 Å². The van der Waals surface area contributed by atoms with Crippen molar-refractivity contribution in [2.75, 3.05) is 0 Å². The van der Waals surface area contributed by atoms with Crippen molar-refractivity contribution in [2.45, 2.75) is 25.6 Å². The van der Waals surface area contributed by atoms with Crippen LogP contribution in [0.2, 0.25) is 0 Å². The molecule has 0 radical (unpaired) electrons. The average Bonchev–Trinajstić information content (AvgIpc) is 2.94. The summed E-state index contributed by atoms with van der Waals surface area (Å²) in [6.45, 7) is 1.34. The number of carbonyl (C=O) groups excluding carboxylic acids is 1. The van der Waals surface area contributed by atoms with E-state index in [1.165, 1.54) is 30.4 Å². The number of rotatable bonds is 5. The van der Waals surface area contributed by atoms with Crippen LogP contribution in [0.1, 0.15) is 18.2 Å². The Morgan fingerprint density at radius 3 is 2.46 bits per heavy atom. The molecule has 9 heteroatoms. The van der Waals surface area contributed by atoms with Crippen molar-refractivity contribution in [3.63, 3.8) is 0 Å². The maximum absolute atomic E-state index is 12.5. The number of alkyl halides is 3. The predicted molar refractivity (Wildman–Crippen MR) is 81.5 cm³/mol. The molecule has 2 N–H and O–H groups in total. The summed E-state index contributed by atoms with van der Waals surface area (Å²) >= 11 is 1.19. The Labute approximate surface area is 139 Å². The zero-order valence-corrected chi connectivity index (χ0v) is 13.2. The topological polar surface area (TPSA) is 79.3 Å². The highest BCUT2D eigenvalue weighted by atomic mass is 32.1. The molecule has 0 unspecified atom stereocenters. The largest absolute Gasteiger partial charge is 0.480 e. The highest BCUT2D eigenvalue weighted by molar-refractivity contribution is 7.13. The molecule has 0 aliphatic rings. The fourth-order valence-corrected chi connectivity index (χ4v) is 2.67. The fourth-order valence-electron chi connectivity index (χ4n) is 1.84. The molecule has 2 rings (SSSR count). The van der Waals surface area contributed by atoms with Crippen molar-refractivity contribution >= 4 is 23.2 Å². The quantitative estimate of drug-likeness (QED) is 0.861. The van der Waals surface area contributed by atoms with Gasteiger partial charge < -0.3 is 10.4 Å². The molecule has 128 valence electrons. The first-order valence-electron chi connectivity index (χ1n) is 6.81. The van der Waals surface area contributed by atoms with Gasteiger partial charge in [0.2, 0.25) is 5.91 Å². The van der Waals surface area contributed by atoms with Crippen LogP contribution in [0.4, 0.5) is 13.2 Å². The van der Waals surface area contributed by atoms with Gasteiger partial charge in [0.05, 0.1) is 17.7 Å². The standard InChI is InChI=1S/C15H13F3N2O3S/c1-8(14(22)23)19-12(21)6-11-7-24-13(20-11)9-2-4-10(5-3-9)15(16,17)18/h2-5,7-8H,6H2,1H3,(H,19,21)(H,22,23)/t8-/m0/s1. The molecule has 0 spiro atoms. The van der Waals surface area contributed by atoms with Crippen molar-refractivity contribution in [1.29, 1.82) is 0 Å². The van der Waals surface area contributed by atoms with Gasteiger partial charge >= 0.3 is 12.1 Å². The lowest BCUT2D eigenvalue weighted by molar-refractivity contribution is -0.141. The number of carboxylic acids is 1. The molecule has 0 aliphatic carbocycles.